The van der Waals surface area contributed by atoms with Gasteiger partial charge in [0.15, 0.2) is 0 Å². The van der Waals surface area contributed by atoms with Crippen molar-refractivity contribution in [3.63, 3.8) is 0 Å². The van der Waals surface area contributed by atoms with Crippen LogP contribution in [0.1, 0.15) is 40.7 Å². The molecule has 0 aliphatic carbocycles. The highest BCUT2D eigenvalue weighted by Crippen LogP contribution is 2.21. The summed E-state index contributed by atoms with van der Waals surface area (Å²) in [7, 11) is 0. The van der Waals surface area contributed by atoms with E-state index >= 15 is 0 Å². The van der Waals surface area contributed by atoms with Crippen molar-refractivity contribution in [3.8, 4) is 0 Å². The molecular formula is C19H28N2O2. The summed E-state index contributed by atoms with van der Waals surface area (Å²) in [5, 5.41) is 0. The summed E-state index contributed by atoms with van der Waals surface area (Å²) in [6.07, 6.45) is 3.37. The Balaban J connectivity index is 1.65. The molecule has 0 spiro atoms. The second-order valence-electron chi connectivity index (χ2n) is 6.77. The number of nitrogens with zero attached hydrogens (tertiary/aromatic N) is 2. The third kappa shape index (κ3) is 3.75. The Bertz CT molecular complexity index is 552. The third-order valence-electron chi connectivity index (χ3n) is 5.38. The van der Waals surface area contributed by atoms with E-state index in [1.165, 1.54) is 12.0 Å². The topological polar surface area (TPSA) is 32.8 Å². The molecule has 1 aromatic rings. The number of carbonyl (C=O) groups excluding carboxylic acids is 1. The second-order valence-corrected chi connectivity index (χ2v) is 6.77. The zero-order valence-corrected chi connectivity index (χ0v) is 14.4. The molecule has 1 atom stereocenters. The molecule has 126 valence electrons. The van der Waals surface area contributed by atoms with E-state index in [4.69, 9.17) is 4.74 Å². The molecule has 0 bridgehead atoms. The summed E-state index contributed by atoms with van der Waals surface area (Å²) < 4.78 is 5.46. The average molecular weight is 316 g/mol. The second kappa shape index (κ2) is 7.45. The monoisotopic (exact) mass is 316 g/mol. The predicted octanol–water partition coefficient (Wildman–Crippen LogP) is 2.63. The lowest BCUT2D eigenvalue weighted by Crippen LogP contribution is -2.44. The van der Waals surface area contributed by atoms with Gasteiger partial charge in [0, 0.05) is 37.8 Å². The van der Waals surface area contributed by atoms with Gasteiger partial charge in [-0.3, -0.25) is 9.69 Å². The minimum atomic E-state index is 0.203. The predicted molar refractivity (Wildman–Crippen MR) is 91.9 cm³/mol. The van der Waals surface area contributed by atoms with Gasteiger partial charge in [-0.2, -0.15) is 0 Å². The highest BCUT2D eigenvalue weighted by atomic mass is 16.5. The largest absolute Gasteiger partial charge is 0.379 e. The van der Waals surface area contributed by atoms with Gasteiger partial charge in [-0.15, -0.1) is 0 Å². The molecule has 2 heterocycles. The molecule has 0 N–H and O–H groups in total. The van der Waals surface area contributed by atoms with Gasteiger partial charge in [-0.25, -0.2) is 0 Å². The molecule has 2 aliphatic rings. The number of hydrogen-bond acceptors (Lipinski definition) is 3. The average Bonchev–Trinajstić information content (AvgIpc) is 2.84. The maximum Gasteiger partial charge on any atom is 0.254 e. The molecule has 1 amide bonds. The molecule has 1 aromatic carbocycles. The summed E-state index contributed by atoms with van der Waals surface area (Å²) in [4.78, 5) is 17.5. The van der Waals surface area contributed by atoms with Crippen molar-refractivity contribution in [1.82, 2.24) is 9.80 Å². The van der Waals surface area contributed by atoms with E-state index < -0.39 is 0 Å². The van der Waals surface area contributed by atoms with Gasteiger partial charge in [0.25, 0.3) is 5.91 Å². The molecule has 0 aromatic heterocycles. The quantitative estimate of drug-likeness (QED) is 0.841. The highest BCUT2D eigenvalue weighted by Gasteiger charge is 2.26. The Kier molecular flexibility index (Phi) is 5.34. The van der Waals surface area contributed by atoms with Crippen LogP contribution in [0.25, 0.3) is 0 Å². The number of hydrogen-bond donors (Lipinski definition) is 0. The van der Waals surface area contributed by atoms with E-state index in [9.17, 15) is 4.79 Å². The van der Waals surface area contributed by atoms with Gasteiger partial charge in [-0.05, 0) is 50.3 Å². The molecule has 3 rings (SSSR count). The van der Waals surface area contributed by atoms with Crippen molar-refractivity contribution < 1.29 is 9.53 Å². The summed E-state index contributed by atoms with van der Waals surface area (Å²) in [6, 6.07) is 6.64. The van der Waals surface area contributed by atoms with Crippen molar-refractivity contribution in [2.24, 2.45) is 0 Å². The van der Waals surface area contributed by atoms with Gasteiger partial charge in [0.2, 0.25) is 0 Å². The normalized spacial score (nSPS) is 23.6. The SMILES string of the molecule is Cc1cccc(C(=O)N2CCCC(N3CCOCC3)CC2)c1C. The van der Waals surface area contributed by atoms with Crippen LogP contribution in [-0.4, -0.2) is 61.1 Å². The maximum absolute atomic E-state index is 12.9. The Morgan fingerprint density at radius 3 is 2.65 bits per heavy atom. The maximum atomic E-state index is 12.9. The molecule has 4 nitrogen and oxygen atoms in total. The van der Waals surface area contributed by atoms with E-state index in [-0.39, 0.29) is 5.91 Å². The fourth-order valence-corrected chi connectivity index (χ4v) is 3.74. The first-order valence-corrected chi connectivity index (χ1v) is 8.84. The Morgan fingerprint density at radius 1 is 1.09 bits per heavy atom. The number of morpholine rings is 1. The molecule has 0 radical (unpaired) electrons. The van der Waals surface area contributed by atoms with Crippen LogP contribution < -0.4 is 0 Å². The van der Waals surface area contributed by atoms with Gasteiger partial charge in [-0.1, -0.05) is 12.1 Å². The third-order valence-corrected chi connectivity index (χ3v) is 5.38. The number of amides is 1. The lowest BCUT2D eigenvalue weighted by Gasteiger charge is -2.34. The van der Waals surface area contributed by atoms with Crippen LogP contribution in [0.4, 0.5) is 0 Å². The number of likely N-dealkylation sites (tertiary alicyclic amines) is 1. The standard InChI is InChI=1S/C19H28N2O2/c1-15-5-3-7-18(16(15)2)19(22)21-9-4-6-17(8-10-21)20-11-13-23-14-12-20/h3,5,7,17H,4,6,8-14H2,1-2H3. The van der Waals surface area contributed by atoms with E-state index in [0.29, 0.717) is 6.04 Å². The van der Waals surface area contributed by atoms with Crippen molar-refractivity contribution in [1.29, 1.82) is 0 Å². The number of benzene rings is 1. The van der Waals surface area contributed by atoms with E-state index in [1.54, 1.807) is 0 Å². The first-order valence-electron chi connectivity index (χ1n) is 8.84. The molecule has 1 unspecified atom stereocenters. The van der Waals surface area contributed by atoms with Gasteiger partial charge in [0.05, 0.1) is 13.2 Å². The number of aryl methyl sites for hydroxylation is 1. The summed E-state index contributed by atoms with van der Waals surface area (Å²) >= 11 is 0. The van der Waals surface area contributed by atoms with Crippen molar-refractivity contribution >= 4 is 5.91 Å². The molecule has 0 saturated carbocycles. The fraction of sp³-hybridized carbons (Fsp3) is 0.632. The zero-order chi connectivity index (χ0) is 16.2. The molecule has 2 saturated heterocycles. The Morgan fingerprint density at radius 2 is 1.87 bits per heavy atom. The molecule has 2 aliphatic heterocycles. The van der Waals surface area contributed by atoms with Gasteiger partial charge >= 0.3 is 0 Å². The zero-order valence-electron chi connectivity index (χ0n) is 14.4. The Labute approximate surface area is 139 Å². The van der Waals surface area contributed by atoms with Crippen LogP contribution in [0.5, 0.6) is 0 Å². The minimum Gasteiger partial charge on any atom is -0.379 e. The van der Waals surface area contributed by atoms with Crippen LogP contribution in [0, 0.1) is 13.8 Å². The van der Waals surface area contributed by atoms with Crippen LogP contribution >= 0.6 is 0 Å². The van der Waals surface area contributed by atoms with Crippen molar-refractivity contribution in [2.75, 3.05) is 39.4 Å². The number of rotatable bonds is 2. The Hall–Kier alpha value is -1.39. The van der Waals surface area contributed by atoms with Crippen LogP contribution in [0.2, 0.25) is 0 Å². The fourth-order valence-electron chi connectivity index (χ4n) is 3.74. The summed E-state index contributed by atoms with van der Waals surface area (Å²) in [5.41, 5.74) is 3.18. The van der Waals surface area contributed by atoms with E-state index in [0.717, 1.165) is 63.4 Å². The molecule has 2 fully saturated rings. The van der Waals surface area contributed by atoms with Crippen molar-refractivity contribution in [3.05, 3.63) is 34.9 Å². The van der Waals surface area contributed by atoms with Gasteiger partial charge in [0.1, 0.15) is 0 Å². The summed E-state index contributed by atoms with van der Waals surface area (Å²) in [5.74, 6) is 0.203. The minimum absolute atomic E-state index is 0.203. The summed E-state index contributed by atoms with van der Waals surface area (Å²) in [6.45, 7) is 9.65. The first kappa shape index (κ1) is 16.5. The van der Waals surface area contributed by atoms with Crippen molar-refractivity contribution in [2.45, 2.75) is 39.2 Å². The molecular weight excluding hydrogens is 288 g/mol. The number of ether oxygens (including phenoxy) is 1. The van der Waals surface area contributed by atoms with Crippen LogP contribution in [0.15, 0.2) is 18.2 Å². The lowest BCUT2D eigenvalue weighted by atomic mass is 10.0. The van der Waals surface area contributed by atoms with Crippen LogP contribution in [0.3, 0.4) is 0 Å². The van der Waals surface area contributed by atoms with Crippen LogP contribution in [-0.2, 0) is 4.74 Å². The van der Waals surface area contributed by atoms with E-state index in [1.807, 2.05) is 12.1 Å². The van der Waals surface area contributed by atoms with Gasteiger partial charge < -0.3 is 9.64 Å². The first-order chi connectivity index (χ1) is 11.2. The number of carbonyl (C=O) groups is 1. The lowest BCUT2D eigenvalue weighted by molar-refractivity contribution is 0.0135. The molecule has 23 heavy (non-hydrogen) atoms. The van der Waals surface area contributed by atoms with E-state index in [2.05, 4.69) is 29.7 Å². The molecule has 4 heteroatoms. The smallest absolute Gasteiger partial charge is 0.254 e. The highest BCUT2D eigenvalue weighted by molar-refractivity contribution is 5.96.